The molecule has 0 saturated heterocycles. The molecule has 0 fully saturated rings. The van der Waals surface area contributed by atoms with Gasteiger partial charge in [0, 0.05) is 0 Å². The minimum absolute atomic E-state index is 1.22. The first-order chi connectivity index (χ1) is 4.91. The van der Waals surface area contributed by atoms with Gasteiger partial charge in [0.25, 0.3) is 0 Å². The van der Waals surface area contributed by atoms with Crippen LogP contribution in [-0.2, 0) is 0 Å². The Balaban J connectivity index is 2.77. The normalized spacial score (nSPS) is 11.0. The van der Waals surface area contributed by atoms with Gasteiger partial charge in [0.15, 0.2) is 0 Å². The molecular formula is C10H19. The summed E-state index contributed by atoms with van der Waals surface area (Å²) < 4.78 is 0. The van der Waals surface area contributed by atoms with Gasteiger partial charge in [0.05, 0.1) is 0 Å². The maximum Gasteiger partial charge on any atom is -0.0316 e. The van der Waals surface area contributed by atoms with Crippen molar-refractivity contribution in [3.05, 3.63) is 19.1 Å². The summed E-state index contributed by atoms with van der Waals surface area (Å²) in [6.07, 6.45) is 12.1. The maximum atomic E-state index is 3.64. The van der Waals surface area contributed by atoms with Gasteiger partial charge in [-0.1, -0.05) is 44.8 Å². The highest BCUT2D eigenvalue weighted by Crippen LogP contribution is 2.04. The first-order valence-corrected chi connectivity index (χ1v) is 4.36. The van der Waals surface area contributed by atoms with Gasteiger partial charge in [-0.25, -0.2) is 0 Å². The van der Waals surface area contributed by atoms with Gasteiger partial charge in [0.1, 0.15) is 0 Å². The molecule has 0 aromatic carbocycles. The van der Waals surface area contributed by atoms with Gasteiger partial charge in [-0.3, -0.25) is 0 Å². The monoisotopic (exact) mass is 139 g/mol. The first kappa shape index (κ1) is 9.74. The van der Waals surface area contributed by atoms with Crippen molar-refractivity contribution in [2.45, 2.75) is 45.4 Å². The molecule has 0 saturated carbocycles. The lowest BCUT2D eigenvalue weighted by atomic mass is 10.1. The molecule has 10 heavy (non-hydrogen) atoms. The van der Waals surface area contributed by atoms with Crippen molar-refractivity contribution in [1.82, 2.24) is 0 Å². The second-order valence-electron chi connectivity index (χ2n) is 2.67. The van der Waals surface area contributed by atoms with E-state index in [0.29, 0.717) is 0 Å². The van der Waals surface area contributed by atoms with Crippen molar-refractivity contribution < 1.29 is 0 Å². The molecule has 0 aromatic heterocycles. The van der Waals surface area contributed by atoms with Crippen LogP contribution in [0.4, 0.5) is 0 Å². The van der Waals surface area contributed by atoms with E-state index in [-0.39, 0.29) is 0 Å². The van der Waals surface area contributed by atoms with E-state index in [1.807, 2.05) is 6.08 Å². The highest BCUT2D eigenvalue weighted by molar-refractivity contribution is 4.83. The fourth-order valence-electron chi connectivity index (χ4n) is 0.984. The Morgan fingerprint density at radius 2 is 1.80 bits per heavy atom. The molecule has 0 heterocycles. The SMILES string of the molecule is [CH2]/C=C\CCCCCCC. The van der Waals surface area contributed by atoms with Gasteiger partial charge in [-0.15, -0.1) is 0 Å². The van der Waals surface area contributed by atoms with E-state index in [1.54, 1.807) is 0 Å². The molecule has 0 spiro atoms. The molecule has 1 radical (unpaired) electrons. The maximum absolute atomic E-state index is 3.64. The van der Waals surface area contributed by atoms with Crippen LogP contribution in [0.1, 0.15) is 45.4 Å². The van der Waals surface area contributed by atoms with E-state index in [9.17, 15) is 0 Å². The lowest BCUT2D eigenvalue weighted by molar-refractivity contribution is 0.637. The summed E-state index contributed by atoms with van der Waals surface area (Å²) in [4.78, 5) is 0. The Morgan fingerprint density at radius 1 is 1.10 bits per heavy atom. The Kier molecular flexibility index (Phi) is 8.51. The third-order valence-corrected chi connectivity index (χ3v) is 1.64. The summed E-state index contributed by atoms with van der Waals surface area (Å²) in [5.74, 6) is 0. The van der Waals surface area contributed by atoms with Crippen LogP contribution < -0.4 is 0 Å². The van der Waals surface area contributed by atoms with Crippen molar-refractivity contribution >= 4 is 0 Å². The van der Waals surface area contributed by atoms with Crippen molar-refractivity contribution in [2.75, 3.05) is 0 Å². The number of rotatable bonds is 6. The van der Waals surface area contributed by atoms with E-state index in [1.165, 1.54) is 38.5 Å². The van der Waals surface area contributed by atoms with Crippen LogP contribution in [0, 0.1) is 6.92 Å². The average Bonchev–Trinajstić information content (AvgIpc) is 1.97. The van der Waals surface area contributed by atoms with Gasteiger partial charge in [0.2, 0.25) is 0 Å². The highest BCUT2D eigenvalue weighted by Gasteiger charge is 1.84. The molecule has 0 unspecified atom stereocenters. The summed E-state index contributed by atoms with van der Waals surface area (Å²) >= 11 is 0. The van der Waals surface area contributed by atoms with Crippen molar-refractivity contribution in [2.24, 2.45) is 0 Å². The second-order valence-corrected chi connectivity index (χ2v) is 2.67. The van der Waals surface area contributed by atoms with Gasteiger partial charge in [-0.2, -0.15) is 0 Å². The van der Waals surface area contributed by atoms with E-state index < -0.39 is 0 Å². The van der Waals surface area contributed by atoms with Gasteiger partial charge < -0.3 is 0 Å². The zero-order chi connectivity index (χ0) is 7.66. The van der Waals surface area contributed by atoms with Crippen LogP contribution >= 0.6 is 0 Å². The lowest BCUT2D eigenvalue weighted by Crippen LogP contribution is -1.75. The molecule has 0 N–H and O–H groups in total. The summed E-state index contributed by atoms with van der Waals surface area (Å²) in [6.45, 7) is 5.88. The second kappa shape index (κ2) is 8.74. The average molecular weight is 139 g/mol. The van der Waals surface area contributed by atoms with E-state index in [4.69, 9.17) is 0 Å². The molecular weight excluding hydrogens is 120 g/mol. The molecule has 0 aliphatic carbocycles. The van der Waals surface area contributed by atoms with E-state index in [0.717, 1.165) is 0 Å². The van der Waals surface area contributed by atoms with Crippen molar-refractivity contribution in [3.8, 4) is 0 Å². The number of hydrogen-bond donors (Lipinski definition) is 0. The largest absolute Gasteiger partial charge is 0.0885 e. The third kappa shape index (κ3) is 7.74. The smallest absolute Gasteiger partial charge is 0.0316 e. The Hall–Kier alpha value is -0.260. The number of hydrogen-bond acceptors (Lipinski definition) is 0. The molecule has 0 aliphatic rings. The Morgan fingerprint density at radius 3 is 2.40 bits per heavy atom. The molecule has 0 nitrogen and oxygen atoms in total. The number of allylic oxidation sites excluding steroid dienone is 2. The summed E-state index contributed by atoms with van der Waals surface area (Å²) in [5, 5.41) is 0. The standard InChI is InChI=1S/C10H19/c1-3-5-7-9-10-8-6-4-2/h3,5H,1,4,6-10H2,2H3/b5-3-. The molecule has 59 valence electrons. The first-order valence-electron chi connectivity index (χ1n) is 4.36. The third-order valence-electron chi connectivity index (χ3n) is 1.64. The molecule has 0 aliphatic heterocycles. The molecule has 0 rings (SSSR count). The van der Waals surface area contributed by atoms with E-state index in [2.05, 4.69) is 19.9 Å². The van der Waals surface area contributed by atoms with Crippen LogP contribution in [0.2, 0.25) is 0 Å². The molecule has 0 bridgehead atoms. The predicted octanol–water partition coefficient (Wildman–Crippen LogP) is 3.74. The predicted molar refractivity (Wildman–Crippen MR) is 47.9 cm³/mol. The minimum Gasteiger partial charge on any atom is -0.0885 e. The fraction of sp³-hybridized carbons (Fsp3) is 0.700. The molecule has 0 atom stereocenters. The molecule has 0 aromatic rings. The zero-order valence-corrected chi connectivity index (χ0v) is 7.10. The quantitative estimate of drug-likeness (QED) is 0.492. The van der Waals surface area contributed by atoms with Crippen LogP contribution in [0.5, 0.6) is 0 Å². The lowest BCUT2D eigenvalue weighted by Gasteiger charge is -1.94. The number of unbranched alkanes of at least 4 members (excludes halogenated alkanes) is 5. The Bertz CT molecular complexity index is 72.1. The summed E-state index contributed by atoms with van der Waals surface area (Å²) in [7, 11) is 0. The van der Waals surface area contributed by atoms with Gasteiger partial charge in [-0.05, 0) is 19.8 Å². The topological polar surface area (TPSA) is 0 Å². The van der Waals surface area contributed by atoms with Crippen LogP contribution in [-0.4, -0.2) is 0 Å². The highest BCUT2D eigenvalue weighted by atomic mass is 13.9. The fourth-order valence-corrected chi connectivity index (χ4v) is 0.984. The van der Waals surface area contributed by atoms with E-state index >= 15 is 0 Å². The summed E-state index contributed by atoms with van der Waals surface area (Å²) in [5.41, 5.74) is 0. The molecule has 0 heteroatoms. The minimum atomic E-state index is 1.22. The summed E-state index contributed by atoms with van der Waals surface area (Å²) in [6, 6.07) is 0. The Labute approximate surface area is 65.3 Å². The van der Waals surface area contributed by atoms with Crippen LogP contribution in [0.3, 0.4) is 0 Å². The van der Waals surface area contributed by atoms with Gasteiger partial charge >= 0.3 is 0 Å². The zero-order valence-electron chi connectivity index (χ0n) is 7.10. The van der Waals surface area contributed by atoms with Crippen molar-refractivity contribution in [3.63, 3.8) is 0 Å². The molecule has 0 amide bonds. The van der Waals surface area contributed by atoms with Crippen LogP contribution in [0.15, 0.2) is 12.2 Å². The van der Waals surface area contributed by atoms with Crippen LogP contribution in [0.25, 0.3) is 0 Å². The van der Waals surface area contributed by atoms with Crippen molar-refractivity contribution in [1.29, 1.82) is 0 Å².